The van der Waals surface area contributed by atoms with Crippen LogP contribution in [0.2, 0.25) is 0 Å². The topological polar surface area (TPSA) is 59.0 Å². The number of imidazole rings is 1. The molecule has 0 atom stereocenters. The average molecular weight is 297 g/mol. The summed E-state index contributed by atoms with van der Waals surface area (Å²) in [4.78, 5) is 16.0. The van der Waals surface area contributed by atoms with Gasteiger partial charge in [-0.05, 0) is 26.1 Å². The van der Waals surface area contributed by atoms with Crippen molar-refractivity contribution in [2.45, 2.75) is 19.9 Å². The zero-order valence-electron chi connectivity index (χ0n) is 11.8. The van der Waals surface area contributed by atoms with Crippen LogP contribution in [0.25, 0.3) is 11.0 Å². The van der Waals surface area contributed by atoms with Crippen molar-refractivity contribution in [3.05, 3.63) is 30.1 Å². The first-order chi connectivity index (χ1) is 9.26. The fourth-order valence-electron chi connectivity index (χ4n) is 2.21. The highest BCUT2D eigenvalue weighted by Gasteiger charge is 2.08. The number of carbonyl (C=O) groups excluding carboxylic acids is 1. The van der Waals surface area contributed by atoms with E-state index in [0.29, 0.717) is 13.1 Å². The van der Waals surface area contributed by atoms with Crippen molar-refractivity contribution in [1.29, 1.82) is 0 Å². The lowest BCUT2D eigenvalue weighted by atomic mass is 10.3. The lowest BCUT2D eigenvalue weighted by Gasteiger charge is -2.07. The number of hydrogen-bond acceptors (Lipinski definition) is 3. The molecule has 2 rings (SSSR count). The Morgan fingerprint density at radius 2 is 2.10 bits per heavy atom. The SMILES string of the molecule is CCn1c(CCNC(=O)CNC)nc2ccccc21.Cl. The van der Waals surface area contributed by atoms with E-state index in [-0.39, 0.29) is 18.3 Å². The van der Waals surface area contributed by atoms with Crippen LogP contribution in [0.3, 0.4) is 0 Å². The Labute approximate surface area is 125 Å². The number of nitrogens with zero attached hydrogens (tertiary/aromatic N) is 2. The van der Waals surface area contributed by atoms with Crippen molar-refractivity contribution in [2.75, 3.05) is 20.1 Å². The Kier molecular flexibility index (Phi) is 6.48. The van der Waals surface area contributed by atoms with Gasteiger partial charge in [-0.1, -0.05) is 12.1 Å². The second kappa shape index (κ2) is 7.87. The summed E-state index contributed by atoms with van der Waals surface area (Å²) >= 11 is 0. The molecule has 1 amide bonds. The van der Waals surface area contributed by atoms with Gasteiger partial charge < -0.3 is 15.2 Å². The summed E-state index contributed by atoms with van der Waals surface area (Å²) in [6.45, 7) is 3.96. The van der Waals surface area contributed by atoms with Crippen LogP contribution in [0.5, 0.6) is 0 Å². The summed E-state index contributed by atoms with van der Waals surface area (Å²) < 4.78 is 2.19. The number of amides is 1. The first-order valence-corrected chi connectivity index (χ1v) is 6.61. The maximum Gasteiger partial charge on any atom is 0.233 e. The largest absolute Gasteiger partial charge is 0.355 e. The Balaban J connectivity index is 0.00000200. The lowest BCUT2D eigenvalue weighted by Crippen LogP contribution is -2.33. The zero-order valence-corrected chi connectivity index (χ0v) is 12.7. The third kappa shape index (κ3) is 3.71. The molecule has 0 bridgehead atoms. The molecule has 0 unspecified atom stereocenters. The first-order valence-electron chi connectivity index (χ1n) is 6.61. The number of aromatic nitrogens is 2. The third-order valence-corrected chi connectivity index (χ3v) is 3.06. The molecule has 6 heteroatoms. The monoisotopic (exact) mass is 296 g/mol. The third-order valence-electron chi connectivity index (χ3n) is 3.06. The molecule has 110 valence electrons. The van der Waals surface area contributed by atoms with Gasteiger partial charge in [0.1, 0.15) is 5.82 Å². The summed E-state index contributed by atoms with van der Waals surface area (Å²) in [7, 11) is 1.76. The van der Waals surface area contributed by atoms with Crippen molar-refractivity contribution in [3.8, 4) is 0 Å². The van der Waals surface area contributed by atoms with Crippen LogP contribution in [-0.2, 0) is 17.8 Å². The highest BCUT2D eigenvalue weighted by molar-refractivity contribution is 5.85. The van der Waals surface area contributed by atoms with Gasteiger partial charge >= 0.3 is 0 Å². The Morgan fingerprint density at radius 3 is 2.80 bits per heavy atom. The fourth-order valence-corrected chi connectivity index (χ4v) is 2.21. The second-order valence-electron chi connectivity index (χ2n) is 4.39. The average Bonchev–Trinajstić information content (AvgIpc) is 2.76. The van der Waals surface area contributed by atoms with Crippen molar-refractivity contribution < 1.29 is 4.79 Å². The number of halogens is 1. The fraction of sp³-hybridized carbons (Fsp3) is 0.429. The maximum absolute atomic E-state index is 11.4. The quantitative estimate of drug-likeness (QED) is 0.846. The van der Waals surface area contributed by atoms with Gasteiger partial charge in [-0.15, -0.1) is 12.4 Å². The highest BCUT2D eigenvalue weighted by atomic mass is 35.5. The molecule has 20 heavy (non-hydrogen) atoms. The molecule has 1 aromatic heterocycles. The second-order valence-corrected chi connectivity index (χ2v) is 4.39. The summed E-state index contributed by atoms with van der Waals surface area (Å²) in [5.74, 6) is 1.04. The molecular formula is C14H21ClN4O. The molecule has 0 spiro atoms. The minimum absolute atomic E-state index is 0. The van der Waals surface area contributed by atoms with E-state index in [1.807, 2.05) is 18.2 Å². The van der Waals surface area contributed by atoms with Crippen LogP contribution in [0, 0.1) is 0 Å². The number of rotatable bonds is 6. The van der Waals surface area contributed by atoms with Crippen LogP contribution < -0.4 is 10.6 Å². The minimum Gasteiger partial charge on any atom is -0.355 e. The normalized spacial score (nSPS) is 10.3. The number of hydrogen-bond donors (Lipinski definition) is 2. The van der Waals surface area contributed by atoms with Gasteiger partial charge in [-0.2, -0.15) is 0 Å². The van der Waals surface area contributed by atoms with E-state index in [1.54, 1.807) is 7.05 Å². The van der Waals surface area contributed by atoms with Gasteiger partial charge in [0, 0.05) is 19.5 Å². The summed E-state index contributed by atoms with van der Waals surface area (Å²) in [6, 6.07) is 8.11. The highest BCUT2D eigenvalue weighted by Crippen LogP contribution is 2.15. The molecule has 0 aliphatic heterocycles. The molecule has 2 aromatic rings. The maximum atomic E-state index is 11.4. The van der Waals surface area contributed by atoms with E-state index in [4.69, 9.17) is 0 Å². The number of aryl methyl sites for hydroxylation is 1. The van der Waals surface area contributed by atoms with Gasteiger partial charge in [0.05, 0.1) is 17.6 Å². The predicted molar refractivity (Wildman–Crippen MR) is 83.3 cm³/mol. The summed E-state index contributed by atoms with van der Waals surface area (Å²) in [6.07, 6.45) is 0.748. The molecular weight excluding hydrogens is 276 g/mol. The van der Waals surface area contributed by atoms with Crippen molar-refractivity contribution >= 4 is 29.3 Å². The minimum atomic E-state index is 0. The number of para-hydroxylation sites is 2. The van der Waals surface area contributed by atoms with Crippen molar-refractivity contribution in [2.24, 2.45) is 0 Å². The van der Waals surface area contributed by atoms with E-state index < -0.39 is 0 Å². The Bertz CT molecular complexity index is 567. The molecule has 5 nitrogen and oxygen atoms in total. The number of carbonyl (C=O) groups is 1. The van der Waals surface area contributed by atoms with Gasteiger partial charge in [0.15, 0.2) is 0 Å². The van der Waals surface area contributed by atoms with E-state index in [9.17, 15) is 4.79 Å². The van der Waals surface area contributed by atoms with Crippen molar-refractivity contribution in [3.63, 3.8) is 0 Å². The zero-order chi connectivity index (χ0) is 13.7. The van der Waals surface area contributed by atoms with Crippen LogP contribution in [0.4, 0.5) is 0 Å². The standard InChI is InChI=1S/C14H20N4O.ClH/c1-3-18-12-7-5-4-6-11(12)17-13(18)8-9-16-14(19)10-15-2;/h4-7,15H,3,8-10H2,1-2H3,(H,16,19);1H. The molecule has 0 aliphatic rings. The van der Waals surface area contributed by atoms with Crippen LogP contribution in [0.15, 0.2) is 24.3 Å². The molecule has 2 N–H and O–H groups in total. The number of benzene rings is 1. The number of likely N-dealkylation sites (N-methyl/N-ethyl adjacent to an activating group) is 1. The summed E-state index contributed by atoms with van der Waals surface area (Å²) in [5, 5.41) is 5.70. The van der Waals surface area contributed by atoms with Gasteiger partial charge in [-0.25, -0.2) is 4.98 Å². The predicted octanol–water partition coefficient (Wildman–Crippen LogP) is 1.36. The van der Waals surface area contributed by atoms with E-state index in [1.165, 1.54) is 0 Å². The van der Waals surface area contributed by atoms with Crippen molar-refractivity contribution in [1.82, 2.24) is 20.2 Å². The first kappa shape index (κ1) is 16.5. The smallest absolute Gasteiger partial charge is 0.233 e. The van der Waals surface area contributed by atoms with Crippen LogP contribution in [0.1, 0.15) is 12.7 Å². The molecule has 1 heterocycles. The lowest BCUT2D eigenvalue weighted by molar-refractivity contribution is -0.120. The van der Waals surface area contributed by atoms with Crippen LogP contribution >= 0.6 is 12.4 Å². The molecule has 0 aliphatic carbocycles. The molecule has 0 fully saturated rings. The Hall–Kier alpha value is -1.59. The molecule has 0 radical (unpaired) electrons. The van der Waals surface area contributed by atoms with Crippen LogP contribution in [-0.4, -0.2) is 35.6 Å². The van der Waals surface area contributed by atoms with E-state index >= 15 is 0 Å². The van der Waals surface area contributed by atoms with Gasteiger partial charge in [0.25, 0.3) is 0 Å². The van der Waals surface area contributed by atoms with E-state index in [2.05, 4.69) is 33.2 Å². The molecule has 0 saturated carbocycles. The van der Waals surface area contributed by atoms with E-state index in [0.717, 1.165) is 29.8 Å². The number of nitrogens with one attached hydrogen (secondary N) is 2. The van der Waals surface area contributed by atoms with Gasteiger partial charge in [0.2, 0.25) is 5.91 Å². The summed E-state index contributed by atoms with van der Waals surface area (Å²) in [5.41, 5.74) is 2.17. The molecule has 0 saturated heterocycles. The number of fused-ring (bicyclic) bond motifs is 1. The van der Waals surface area contributed by atoms with Gasteiger partial charge in [-0.3, -0.25) is 4.79 Å². The Morgan fingerprint density at radius 1 is 1.35 bits per heavy atom. The molecule has 1 aromatic carbocycles.